The Labute approximate surface area is 264 Å². The zero-order valence-electron chi connectivity index (χ0n) is 25.6. The molecule has 2 aliphatic rings. The number of carbonyl (C=O) groups excluding carboxylic acids is 1. The number of ether oxygens (including phenoxy) is 2. The molecule has 0 spiro atoms. The third kappa shape index (κ3) is 7.68. The summed E-state index contributed by atoms with van der Waals surface area (Å²) in [6, 6.07) is 21.8. The SMILES string of the molecule is COOCc1ccc2c(C(=O)c3ccc(OCCN4CCCCC4)cc3)c(-c3ccc(OCCN4CCCC4)cc3)sc2c1. The summed E-state index contributed by atoms with van der Waals surface area (Å²) < 4.78 is 13.1. The van der Waals surface area contributed by atoms with Crippen LogP contribution in [-0.4, -0.2) is 75.2 Å². The molecule has 7 nitrogen and oxygen atoms in total. The molecule has 2 aliphatic heterocycles. The van der Waals surface area contributed by atoms with Crippen molar-refractivity contribution < 1.29 is 24.0 Å². The number of likely N-dealkylation sites (tertiary alicyclic amines) is 2. The third-order valence-electron chi connectivity index (χ3n) is 8.56. The lowest BCUT2D eigenvalue weighted by atomic mass is 9.97. The Kier molecular flexibility index (Phi) is 10.6. The molecular weight excluding hydrogens is 572 g/mol. The number of thiophene rings is 1. The van der Waals surface area contributed by atoms with Crippen LogP contribution in [0.4, 0.5) is 0 Å². The van der Waals surface area contributed by atoms with E-state index in [0.29, 0.717) is 30.9 Å². The molecule has 3 heterocycles. The second-order valence-electron chi connectivity index (χ2n) is 11.6. The molecule has 1 aromatic heterocycles. The molecule has 0 saturated carbocycles. The summed E-state index contributed by atoms with van der Waals surface area (Å²) in [7, 11) is 1.50. The number of rotatable bonds is 14. The van der Waals surface area contributed by atoms with Crippen molar-refractivity contribution in [1.82, 2.24) is 9.80 Å². The zero-order valence-corrected chi connectivity index (χ0v) is 26.4. The van der Waals surface area contributed by atoms with Crippen LogP contribution in [-0.2, 0) is 16.4 Å². The van der Waals surface area contributed by atoms with E-state index in [9.17, 15) is 4.79 Å². The summed E-state index contributed by atoms with van der Waals surface area (Å²) in [4.78, 5) is 30.0. The first-order chi connectivity index (χ1) is 21.7. The number of hydrogen-bond donors (Lipinski definition) is 0. The molecule has 0 atom stereocenters. The highest BCUT2D eigenvalue weighted by molar-refractivity contribution is 7.22. The van der Waals surface area contributed by atoms with Crippen LogP contribution in [0.15, 0.2) is 66.7 Å². The van der Waals surface area contributed by atoms with Gasteiger partial charge in [0, 0.05) is 39.2 Å². The number of hydrogen-bond acceptors (Lipinski definition) is 8. The lowest BCUT2D eigenvalue weighted by molar-refractivity contribution is -0.282. The second kappa shape index (κ2) is 15.1. The minimum atomic E-state index is -0.00190. The van der Waals surface area contributed by atoms with Gasteiger partial charge in [0.1, 0.15) is 31.3 Å². The topological polar surface area (TPSA) is 60.5 Å². The van der Waals surface area contributed by atoms with E-state index in [4.69, 9.17) is 19.2 Å². The molecule has 8 heteroatoms. The van der Waals surface area contributed by atoms with Crippen LogP contribution >= 0.6 is 11.3 Å². The lowest BCUT2D eigenvalue weighted by Gasteiger charge is -2.26. The van der Waals surface area contributed by atoms with Crippen LogP contribution in [0.1, 0.15) is 53.6 Å². The Bertz CT molecular complexity index is 1510. The van der Waals surface area contributed by atoms with Gasteiger partial charge in [-0.1, -0.05) is 18.6 Å². The summed E-state index contributed by atoms with van der Waals surface area (Å²) in [5.41, 5.74) is 3.33. The number of ketones is 1. The van der Waals surface area contributed by atoms with E-state index in [0.717, 1.165) is 63.8 Å². The first kappa shape index (κ1) is 30.7. The van der Waals surface area contributed by atoms with Crippen molar-refractivity contribution >= 4 is 27.2 Å². The van der Waals surface area contributed by atoms with E-state index >= 15 is 0 Å². The molecule has 0 bridgehead atoms. The number of carbonyl (C=O) groups is 1. The predicted molar refractivity (Wildman–Crippen MR) is 176 cm³/mol. The van der Waals surface area contributed by atoms with Crippen LogP contribution in [0.5, 0.6) is 11.5 Å². The summed E-state index contributed by atoms with van der Waals surface area (Å²) >= 11 is 1.62. The highest BCUT2D eigenvalue weighted by Gasteiger charge is 2.22. The van der Waals surface area contributed by atoms with Gasteiger partial charge in [0.15, 0.2) is 5.78 Å². The van der Waals surface area contributed by atoms with Crippen LogP contribution in [0.2, 0.25) is 0 Å². The van der Waals surface area contributed by atoms with E-state index in [1.165, 1.54) is 52.3 Å². The average molecular weight is 615 g/mol. The van der Waals surface area contributed by atoms with Crippen LogP contribution in [0, 0.1) is 0 Å². The molecule has 2 fully saturated rings. The fourth-order valence-corrected chi connectivity index (χ4v) is 7.38. The Morgan fingerprint density at radius 2 is 1.34 bits per heavy atom. The normalized spacial score (nSPS) is 16.0. The van der Waals surface area contributed by atoms with Crippen LogP contribution in [0.25, 0.3) is 20.5 Å². The molecule has 0 unspecified atom stereocenters. The maximum Gasteiger partial charge on any atom is 0.195 e. The fraction of sp³-hybridized carbons (Fsp3) is 0.417. The van der Waals surface area contributed by atoms with Gasteiger partial charge in [0.2, 0.25) is 0 Å². The first-order valence-corrected chi connectivity index (χ1v) is 16.7. The number of nitrogens with zero attached hydrogens (tertiary/aromatic N) is 2. The van der Waals surface area contributed by atoms with Gasteiger partial charge in [-0.15, -0.1) is 11.3 Å². The molecule has 0 amide bonds. The Morgan fingerprint density at radius 1 is 0.750 bits per heavy atom. The summed E-state index contributed by atoms with van der Waals surface area (Å²) in [5.74, 6) is 1.63. The van der Waals surface area contributed by atoms with E-state index in [-0.39, 0.29) is 5.78 Å². The maximum atomic E-state index is 14.1. The molecule has 0 N–H and O–H groups in total. The van der Waals surface area contributed by atoms with E-state index in [1.54, 1.807) is 11.3 Å². The van der Waals surface area contributed by atoms with Crippen molar-refractivity contribution in [2.75, 3.05) is 59.6 Å². The predicted octanol–water partition coefficient (Wildman–Crippen LogP) is 7.22. The van der Waals surface area contributed by atoms with Crippen molar-refractivity contribution in [3.8, 4) is 21.9 Å². The van der Waals surface area contributed by atoms with Crippen LogP contribution < -0.4 is 9.47 Å². The van der Waals surface area contributed by atoms with Gasteiger partial charge in [0.05, 0.1) is 7.11 Å². The maximum absolute atomic E-state index is 14.1. The quantitative estimate of drug-likeness (QED) is 0.0845. The molecule has 2 saturated heterocycles. The monoisotopic (exact) mass is 614 g/mol. The van der Waals surface area contributed by atoms with Crippen molar-refractivity contribution in [3.63, 3.8) is 0 Å². The molecule has 232 valence electrons. The van der Waals surface area contributed by atoms with Crippen molar-refractivity contribution in [3.05, 3.63) is 83.4 Å². The molecule has 0 aliphatic carbocycles. The molecule has 44 heavy (non-hydrogen) atoms. The lowest BCUT2D eigenvalue weighted by Crippen LogP contribution is -2.33. The van der Waals surface area contributed by atoms with Crippen molar-refractivity contribution in [1.29, 1.82) is 0 Å². The molecule has 4 aromatic rings. The standard InChI is InChI=1S/C36H42N2O5S/c1-40-43-26-27-7-16-32-33(25-27)44-36(29-10-14-31(15-11-29)42-24-22-38-19-5-6-20-38)34(32)35(39)28-8-12-30(13-9-28)41-23-21-37-17-3-2-4-18-37/h7-16,25H,2-6,17-24,26H2,1H3. The number of fused-ring (bicyclic) bond motifs is 1. The Morgan fingerprint density at radius 3 is 1.95 bits per heavy atom. The van der Waals surface area contributed by atoms with Gasteiger partial charge in [-0.25, -0.2) is 9.78 Å². The van der Waals surface area contributed by atoms with E-state index < -0.39 is 0 Å². The van der Waals surface area contributed by atoms with E-state index in [2.05, 4.69) is 28.0 Å². The summed E-state index contributed by atoms with van der Waals surface area (Å²) in [6.45, 7) is 8.20. The van der Waals surface area contributed by atoms with Crippen molar-refractivity contribution in [2.24, 2.45) is 0 Å². The molecular formula is C36H42N2O5S. The Hall–Kier alpha value is -3.27. The van der Waals surface area contributed by atoms with Gasteiger partial charge in [-0.3, -0.25) is 14.6 Å². The fourth-order valence-electron chi connectivity index (χ4n) is 6.11. The minimum Gasteiger partial charge on any atom is -0.492 e. The number of benzene rings is 3. The van der Waals surface area contributed by atoms with Crippen molar-refractivity contribution in [2.45, 2.75) is 38.7 Å². The smallest absolute Gasteiger partial charge is 0.195 e. The van der Waals surface area contributed by atoms with Gasteiger partial charge in [-0.05, 0) is 118 Å². The van der Waals surface area contributed by atoms with Gasteiger partial charge < -0.3 is 9.47 Å². The first-order valence-electron chi connectivity index (χ1n) is 15.8. The average Bonchev–Trinajstić information content (AvgIpc) is 3.72. The summed E-state index contributed by atoms with van der Waals surface area (Å²) in [6.07, 6.45) is 6.44. The van der Waals surface area contributed by atoms with E-state index in [1.807, 2.05) is 48.5 Å². The molecule has 0 radical (unpaired) electrons. The van der Waals surface area contributed by atoms with Gasteiger partial charge >= 0.3 is 0 Å². The largest absolute Gasteiger partial charge is 0.492 e. The number of piperidine rings is 1. The Balaban J connectivity index is 1.20. The van der Waals surface area contributed by atoms with Gasteiger partial charge in [0.25, 0.3) is 0 Å². The molecule has 6 rings (SSSR count). The highest BCUT2D eigenvalue weighted by Crippen LogP contribution is 2.41. The second-order valence-corrected chi connectivity index (χ2v) is 12.6. The summed E-state index contributed by atoms with van der Waals surface area (Å²) in [5, 5.41) is 0.934. The van der Waals surface area contributed by atoms with Gasteiger partial charge in [-0.2, -0.15) is 0 Å². The molecule has 3 aromatic carbocycles. The third-order valence-corrected chi connectivity index (χ3v) is 9.76. The highest BCUT2D eigenvalue weighted by atomic mass is 32.1. The minimum absolute atomic E-state index is 0.00190. The zero-order chi connectivity index (χ0) is 30.1. The van der Waals surface area contributed by atoms with Crippen LogP contribution in [0.3, 0.4) is 0 Å².